The van der Waals surface area contributed by atoms with Gasteiger partial charge in [-0.25, -0.2) is 0 Å². The van der Waals surface area contributed by atoms with Crippen molar-refractivity contribution >= 4 is 23.6 Å². The molecule has 0 bridgehead atoms. The molecule has 0 spiro atoms. The molecule has 11 nitrogen and oxygen atoms in total. The second-order valence-electron chi connectivity index (χ2n) is 9.40. The van der Waals surface area contributed by atoms with Crippen LogP contribution in [0.15, 0.2) is 36.5 Å². The number of hydrogen-bond donors (Lipinski definition) is 7. The molecule has 0 saturated carbocycles. The lowest BCUT2D eigenvalue weighted by Crippen LogP contribution is -2.58. The van der Waals surface area contributed by atoms with Crippen LogP contribution in [0.25, 0.3) is 0 Å². The van der Waals surface area contributed by atoms with E-state index in [1.165, 1.54) is 38.3 Å². The van der Waals surface area contributed by atoms with Gasteiger partial charge in [-0.2, -0.15) is 0 Å². The van der Waals surface area contributed by atoms with Crippen molar-refractivity contribution in [1.29, 1.82) is 0 Å². The first-order chi connectivity index (χ1) is 18.2. The summed E-state index contributed by atoms with van der Waals surface area (Å²) in [4.78, 5) is 49.8. The van der Waals surface area contributed by atoms with Gasteiger partial charge in [-0.05, 0) is 26.2 Å². The van der Waals surface area contributed by atoms with Gasteiger partial charge < -0.3 is 36.6 Å². The summed E-state index contributed by atoms with van der Waals surface area (Å²) >= 11 is 0. The van der Waals surface area contributed by atoms with E-state index in [0.29, 0.717) is 0 Å². The van der Waals surface area contributed by atoms with E-state index in [1.54, 1.807) is 12.2 Å². The Hall–Kier alpha value is -3.02. The summed E-state index contributed by atoms with van der Waals surface area (Å²) in [6.45, 7) is 3.14. The summed E-state index contributed by atoms with van der Waals surface area (Å²) in [6.07, 6.45) is 13.4. The van der Waals surface area contributed by atoms with E-state index in [9.17, 15) is 34.5 Å². The van der Waals surface area contributed by atoms with Crippen molar-refractivity contribution in [3.05, 3.63) is 36.5 Å². The van der Waals surface area contributed by atoms with Gasteiger partial charge in [0.15, 0.2) is 0 Å². The fraction of sp³-hybridized carbons (Fsp3) is 0.630. The van der Waals surface area contributed by atoms with Crippen molar-refractivity contribution in [3.63, 3.8) is 0 Å². The number of rotatable bonds is 13. The fourth-order valence-corrected chi connectivity index (χ4v) is 3.74. The Kier molecular flexibility index (Phi) is 16.6. The Morgan fingerprint density at radius 1 is 1.18 bits per heavy atom. The molecule has 0 aromatic rings. The molecule has 0 fully saturated rings. The molecule has 7 N–H and O–H groups in total. The molecule has 214 valence electrons. The van der Waals surface area contributed by atoms with Crippen LogP contribution in [0.3, 0.4) is 0 Å². The number of aliphatic hydroxyl groups is 3. The first-order valence-electron chi connectivity index (χ1n) is 13.3. The van der Waals surface area contributed by atoms with Crippen LogP contribution in [0, 0.1) is 0 Å². The molecule has 4 amide bonds. The van der Waals surface area contributed by atoms with Gasteiger partial charge in [0.25, 0.3) is 0 Å². The van der Waals surface area contributed by atoms with E-state index < -0.39 is 60.6 Å². The third-order valence-corrected chi connectivity index (χ3v) is 5.95. The average molecular weight is 537 g/mol. The largest absolute Gasteiger partial charge is 0.394 e. The lowest BCUT2D eigenvalue weighted by atomic mass is 10.0. The Labute approximate surface area is 224 Å². The number of allylic oxidation sites excluding steroid dienone is 3. The normalized spacial score (nSPS) is 23.6. The summed E-state index contributed by atoms with van der Waals surface area (Å²) in [7, 11) is 0. The summed E-state index contributed by atoms with van der Waals surface area (Å²) in [5, 5.41) is 39.9. The first kappa shape index (κ1) is 33.0. The Morgan fingerprint density at radius 3 is 2.61 bits per heavy atom. The van der Waals surface area contributed by atoms with Crippen LogP contribution >= 0.6 is 0 Å². The van der Waals surface area contributed by atoms with Gasteiger partial charge >= 0.3 is 0 Å². The van der Waals surface area contributed by atoms with Crippen molar-refractivity contribution in [1.82, 2.24) is 21.3 Å². The predicted molar refractivity (Wildman–Crippen MR) is 144 cm³/mol. The molecular formula is C27H44N4O7. The number of carbonyl (C=O) groups is 4. The highest BCUT2D eigenvalue weighted by atomic mass is 16.3. The lowest BCUT2D eigenvalue weighted by Gasteiger charge is -2.27. The van der Waals surface area contributed by atoms with Crippen molar-refractivity contribution in [2.24, 2.45) is 0 Å². The third-order valence-electron chi connectivity index (χ3n) is 5.95. The quantitative estimate of drug-likeness (QED) is 0.0992. The Balaban J connectivity index is 2.77. The minimum Gasteiger partial charge on any atom is -0.394 e. The van der Waals surface area contributed by atoms with Crippen molar-refractivity contribution in [2.75, 3.05) is 13.2 Å². The van der Waals surface area contributed by atoms with Gasteiger partial charge in [0.05, 0.1) is 24.9 Å². The van der Waals surface area contributed by atoms with Crippen molar-refractivity contribution < 1.29 is 34.5 Å². The number of unbranched alkanes of at least 4 members (excludes halogenated alkanes) is 5. The molecule has 0 saturated heterocycles. The Bertz CT molecular complexity index is 841. The lowest BCUT2D eigenvalue weighted by molar-refractivity contribution is -0.134. The highest BCUT2D eigenvalue weighted by Gasteiger charge is 2.31. The molecular weight excluding hydrogens is 492 g/mol. The van der Waals surface area contributed by atoms with E-state index in [4.69, 9.17) is 0 Å². The van der Waals surface area contributed by atoms with Crippen LogP contribution in [0.1, 0.15) is 65.2 Å². The summed E-state index contributed by atoms with van der Waals surface area (Å²) < 4.78 is 0. The molecule has 1 rings (SSSR count). The van der Waals surface area contributed by atoms with Crippen LogP contribution in [0.2, 0.25) is 0 Å². The second-order valence-corrected chi connectivity index (χ2v) is 9.40. The van der Waals surface area contributed by atoms with E-state index in [2.05, 4.69) is 28.2 Å². The maximum Gasteiger partial charge on any atom is 0.245 e. The maximum absolute atomic E-state index is 12.9. The smallest absolute Gasteiger partial charge is 0.245 e. The van der Waals surface area contributed by atoms with E-state index in [0.717, 1.165) is 25.3 Å². The zero-order chi connectivity index (χ0) is 28.3. The summed E-state index contributed by atoms with van der Waals surface area (Å²) in [5.41, 5.74) is 0. The zero-order valence-electron chi connectivity index (χ0n) is 22.4. The fourth-order valence-electron chi connectivity index (χ4n) is 3.74. The van der Waals surface area contributed by atoms with Gasteiger partial charge in [0.2, 0.25) is 23.6 Å². The summed E-state index contributed by atoms with van der Waals surface area (Å²) in [5.74, 6) is -2.54. The highest BCUT2D eigenvalue weighted by Crippen LogP contribution is 2.07. The maximum atomic E-state index is 12.9. The van der Waals surface area contributed by atoms with Crippen molar-refractivity contribution in [3.8, 4) is 0 Å². The molecule has 0 aromatic heterocycles. The standard InChI is InChI=1S/C27H44N4O7/c1-3-4-5-6-7-8-9-10-11-12-24(36)31-25(19(2)33)27(38)30-22-17-21(34)15-16-28-23(35)14-13-20(18-32)29-26(22)37/h9-14,19-22,25,32-34H,3-8,15-18H2,1-2H3,(H,28,35)(H,29,37)(H,30,38)(H,31,36)/b10-9+,12-11+,14-13+/t19?,20?,21-,22+,25?/m1/s1. The topological polar surface area (TPSA) is 177 Å². The van der Waals surface area contributed by atoms with Gasteiger partial charge in [-0.15, -0.1) is 0 Å². The predicted octanol–water partition coefficient (Wildman–Crippen LogP) is 0.114. The number of amides is 4. The van der Waals surface area contributed by atoms with Crippen molar-refractivity contribution in [2.45, 2.75) is 95.5 Å². The van der Waals surface area contributed by atoms with E-state index >= 15 is 0 Å². The Morgan fingerprint density at radius 2 is 1.92 bits per heavy atom. The number of hydrogen-bond acceptors (Lipinski definition) is 7. The molecule has 0 radical (unpaired) electrons. The highest BCUT2D eigenvalue weighted by molar-refractivity contribution is 5.95. The molecule has 1 aliphatic heterocycles. The minimum atomic E-state index is -1.35. The van der Waals surface area contributed by atoms with Crippen LogP contribution in [0.5, 0.6) is 0 Å². The number of carbonyl (C=O) groups excluding carboxylic acids is 4. The molecule has 3 unspecified atom stereocenters. The molecule has 0 aromatic carbocycles. The van der Waals surface area contributed by atoms with Crippen LogP contribution in [-0.4, -0.2) is 82.4 Å². The third kappa shape index (κ3) is 14.1. The minimum absolute atomic E-state index is 0.135. The molecule has 1 aliphatic rings. The first-order valence-corrected chi connectivity index (χ1v) is 13.3. The van der Waals surface area contributed by atoms with E-state index in [-0.39, 0.29) is 19.4 Å². The summed E-state index contributed by atoms with van der Waals surface area (Å²) in [6, 6.07) is -3.47. The SMILES string of the molecule is CCCCCCC/C=C/C=C/C(=O)NC(C(=O)N[C@H]1C[C@H](O)CCNC(=O)/C=C/C(CO)NC1=O)C(C)O. The molecule has 0 aliphatic carbocycles. The van der Waals surface area contributed by atoms with Gasteiger partial charge in [0, 0.05) is 25.1 Å². The van der Waals surface area contributed by atoms with Gasteiger partial charge in [-0.1, -0.05) is 56.9 Å². The number of aliphatic hydroxyl groups excluding tert-OH is 3. The van der Waals surface area contributed by atoms with Crippen LogP contribution in [0.4, 0.5) is 0 Å². The molecule has 11 heteroatoms. The van der Waals surface area contributed by atoms with Gasteiger partial charge in [-0.3, -0.25) is 19.2 Å². The van der Waals surface area contributed by atoms with Gasteiger partial charge in [0.1, 0.15) is 12.1 Å². The molecule has 38 heavy (non-hydrogen) atoms. The van der Waals surface area contributed by atoms with Crippen LogP contribution < -0.4 is 21.3 Å². The zero-order valence-corrected chi connectivity index (χ0v) is 22.4. The molecule has 5 atom stereocenters. The average Bonchev–Trinajstić information content (AvgIpc) is 2.87. The van der Waals surface area contributed by atoms with Crippen LogP contribution in [-0.2, 0) is 19.2 Å². The second kappa shape index (κ2) is 19.1. The monoisotopic (exact) mass is 536 g/mol. The van der Waals surface area contributed by atoms with E-state index in [1.807, 2.05) is 6.08 Å². The molecule has 1 heterocycles. The number of nitrogens with one attached hydrogen (secondary N) is 4.